The molecule has 8 heteroatoms. The lowest BCUT2D eigenvalue weighted by Crippen LogP contribution is -2.38. The SMILES string of the molecule is NCc1cc2ncc(N3CCS(=O)CC3)n2cc1-c1ccc(Cl)cc1Cl. The van der Waals surface area contributed by atoms with Gasteiger partial charge in [-0.3, -0.25) is 8.61 Å². The highest BCUT2D eigenvalue weighted by molar-refractivity contribution is 7.85. The zero-order chi connectivity index (χ0) is 18.3. The molecule has 1 aromatic carbocycles. The number of pyridine rings is 1. The molecule has 0 amide bonds. The maximum atomic E-state index is 11.7. The van der Waals surface area contributed by atoms with Gasteiger partial charge in [-0.05, 0) is 23.8 Å². The summed E-state index contributed by atoms with van der Waals surface area (Å²) in [6.07, 6.45) is 3.89. The summed E-state index contributed by atoms with van der Waals surface area (Å²) in [5.41, 5.74) is 9.63. The zero-order valence-electron chi connectivity index (χ0n) is 14.0. The quantitative estimate of drug-likeness (QED) is 0.721. The second-order valence-corrected chi connectivity index (χ2v) is 8.76. The van der Waals surface area contributed by atoms with Gasteiger partial charge in [0.25, 0.3) is 0 Å². The summed E-state index contributed by atoms with van der Waals surface area (Å²) in [5, 5.41) is 1.18. The Morgan fingerprint density at radius 2 is 1.92 bits per heavy atom. The van der Waals surface area contributed by atoms with E-state index in [-0.39, 0.29) is 0 Å². The topological polar surface area (TPSA) is 63.6 Å². The number of imidazole rings is 1. The number of nitrogens with zero attached hydrogens (tertiary/aromatic N) is 3. The van der Waals surface area contributed by atoms with E-state index in [1.807, 2.05) is 35.0 Å². The first-order chi connectivity index (χ1) is 12.6. The number of hydrogen-bond acceptors (Lipinski definition) is 4. The molecule has 0 radical (unpaired) electrons. The van der Waals surface area contributed by atoms with E-state index in [9.17, 15) is 4.21 Å². The molecule has 0 saturated carbocycles. The van der Waals surface area contributed by atoms with Crippen molar-refractivity contribution in [3.63, 3.8) is 0 Å². The van der Waals surface area contributed by atoms with Crippen molar-refractivity contribution in [2.45, 2.75) is 6.54 Å². The second-order valence-electron chi connectivity index (χ2n) is 6.22. The summed E-state index contributed by atoms with van der Waals surface area (Å²) in [6, 6.07) is 7.46. The molecular weight excluding hydrogens is 391 g/mol. The molecule has 1 aliphatic heterocycles. The number of aromatic nitrogens is 2. The highest BCUT2D eigenvalue weighted by Gasteiger charge is 2.20. The number of halogens is 2. The van der Waals surface area contributed by atoms with E-state index >= 15 is 0 Å². The van der Waals surface area contributed by atoms with Crippen LogP contribution in [-0.2, 0) is 17.3 Å². The zero-order valence-corrected chi connectivity index (χ0v) is 16.3. The van der Waals surface area contributed by atoms with Gasteiger partial charge >= 0.3 is 0 Å². The number of fused-ring (bicyclic) bond motifs is 1. The molecule has 1 saturated heterocycles. The van der Waals surface area contributed by atoms with Crippen molar-refractivity contribution in [2.75, 3.05) is 29.5 Å². The largest absolute Gasteiger partial charge is 0.355 e. The first-order valence-electron chi connectivity index (χ1n) is 8.32. The van der Waals surface area contributed by atoms with Crippen molar-refractivity contribution in [2.24, 2.45) is 5.73 Å². The first kappa shape index (κ1) is 17.8. The molecule has 0 spiro atoms. The third kappa shape index (κ3) is 3.22. The van der Waals surface area contributed by atoms with Gasteiger partial charge in [0.05, 0.1) is 6.20 Å². The van der Waals surface area contributed by atoms with Crippen LogP contribution in [-0.4, -0.2) is 38.2 Å². The normalized spacial score (nSPS) is 15.7. The van der Waals surface area contributed by atoms with Gasteiger partial charge in [-0.2, -0.15) is 0 Å². The van der Waals surface area contributed by atoms with Crippen LogP contribution in [0.3, 0.4) is 0 Å². The average molecular weight is 409 g/mol. The lowest BCUT2D eigenvalue weighted by molar-refractivity contribution is 0.672. The van der Waals surface area contributed by atoms with Gasteiger partial charge in [-0.25, -0.2) is 4.98 Å². The van der Waals surface area contributed by atoms with Crippen molar-refractivity contribution < 1.29 is 4.21 Å². The van der Waals surface area contributed by atoms with Gasteiger partial charge in [0.15, 0.2) is 0 Å². The second kappa shape index (κ2) is 7.19. The van der Waals surface area contributed by atoms with Crippen molar-refractivity contribution in [3.05, 3.63) is 52.3 Å². The van der Waals surface area contributed by atoms with Crippen molar-refractivity contribution in [3.8, 4) is 11.1 Å². The minimum Gasteiger partial charge on any atom is -0.355 e. The van der Waals surface area contributed by atoms with Crippen molar-refractivity contribution in [1.82, 2.24) is 9.38 Å². The fourth-order valence-corrected chi connectivity index (χ4v) is 4.83. The van der Waals surface area contributed by atoms with Crippen molar-refractivity contribution in [1.29, 1.82) is 0 Å². The lowest BCUT2D eigenvalue weighted by atomic mass is 10.0. The van der Waals surface area contributed by atoms with Crippen LogP contribution in [0.2, 0.25) is 10.0 Å². The maximum absolute atomic E-state index is 11.7. The number of rotatable bonds is 3. The van der Waals surface area contributed by atoms with E-state index in [1.54, 1.807) is 6.07 Å². The number of nitrogens with two attached hydrogens (primary N) is 1. The third-order valence-corrected chi connectivity index (χ3v) is 6.48. The lowest BCUT2D eigenvalue weighted by Gasteiger charge is -2.27. The predicted octanol–water partition coefficient (Wildman–Crippen LogP) is 3.34. The van der Waals surface area contributed by atoms with Gasteiger partial charge in [0.1, 0.15) is 11.5 Å². The molecule has 26 heavy (non-hydrogen) atoms. The fourth-order valence-electron chi connectivity index (χ4n) is 3.27. The summed E-state index contributed by atoms with van der Waals surface area (Å²) in [5.74, 6) is 2.36. The Balaban J connectivity index is 1.85. The average Bonchev–Trinajstić information content (AvgIpc) is 3.04. The van der Waals surface area contributed by atoms with E-state index in [1.165, 1.54) is 0 Å². The highest BCUT2D eigenvalue weighted by atomic mass is 35.5. The molecule has 4 rings (SSSR count). The standard InChI is InChI=1S/C18H18Cl2N4OS/c19-13-1-2-14(16(20)8-13)15-11-24-17(7-12(15)9-21)22-10-18(24)23-3-5-26(25)6-4-23/h1-2,7-8,10-11H,3-6,9,21H2. The molecule has 0 unspecified atom stereocenters. The van der Waals surface area contributed by atoms with Crippen LogP contribution >= 0.6 is 23.2 Å². The van der Waals surface area contributed by atoms with Gasteiger partial charge in [0, 0.05) is 69.3 Å². The van der Waals surface area contributed by atoms with E-state index in [2.05, 4.69) is 9.88 Å². The van der Waals surface area contributed by atoms with Crippen LogP contribution < -0.4 is 10.6 Å². The maximum Gasteiger partial charge on any atom is 0.138 e. The Morgan fingerprint density at radius 1 is 1.15 bits per heavy atom. The monoisotopic (exact) mass is 408 g/mol. The van der Waals surface area contributed by atoms with E-state index < -0.39 is 10.8 Å². The summed E-state index contributed by atoms with van der Waals surface area (Å²) in [7, 11) is -0.719. The van der Waals surface area contributed by atoms with Gasteiger partial charge < -0.3 is 10.6 Å². The van der Waals surface area contributed by atoms with E-state index in [0.717, 1.165) is 41.2 Å². The third-order valence-electron chi connectivity index (χ3n) is 4.66. The molecule has 5 nitrogen and oxygen atoms in total. The predicted molar refractivity (Wildman–Crippen MR) is 109 cm³/mol. The summed E-state index contributed by atoms with van der Waals surface area (Å²) >= 11 is 12.5. The molecule has 3 aromatic rings. The minimum atomic E-state index is -0.719. The molecular formula is C18H18Cl2N4OS. The highest BCUT2D eigenvalue weighted by Crippen LogP contribution is 2.34. The summed E-state index contributed by atoms with van der Waals surface area (Å²) in [6.45, 7) is 1.90. The molecule has 136 valence electrons. The van der Waals surface area contributed by atoms with E-state index in [4.69, 9.17) is 28.9 Å². The molecule has 3 heterocycles. The first-order valence-corrected chi connectivity index (χ1v) is 10.6. The van der Waals surface area contributed by atoms with E-state index in [0.29, 0.717) is 28.1 Å². The number of anilines is 1. The van der Waals surface area contributed by atoms with Crippen LogP contribution in [0.5, 0.6) is 0 Å². The van der Waals surface area contributed by atoms with Crippen LogP contribution in [0, 0.1) is 0 Å². The Kier molecular flexibility index (Phi) is 4.92. The fraction of sp³-hybridized carbons (Fsp3) is 0.278. The van der Waals surface area contributed by atoms with Gasteiger partial charge in [0.2, 0.25) is 0 Å². The van der Waals surface area contributed by atoms with Crippen molar-refractivity contribution >= 4 is 45.5 Å². The molecule has 0 aliphatic carbocycles. The molecule has 0 atom stereocenters. The Morgan fingerprint density at radius 3 is 2.62 bits per heavy atom. The molecule has 0 bridgehead atoms. The molecule has 2 aromatic heterocycles. The Hall–Kier alpha value is -1.60. The van der Waals surface area contributed by atoms with Gasteiger partial charge in [-0.1, -0.05) is 29.3 Å². The number of benzene rings is 1. The van der Waals surface area contributed by atoms with Crippen LogP contribution in [0.1, 0.15) is 5.56 Å². The molecule has 1 aliphatic rings. The minimum absolute atomic E-state index is 0.385. The smallest absolute Gasteiger partial charge is 0.138 e. The van der Waals surface area contributed by atoms with Crippen LogP contribution in [0.25, 0.3) is 16.8 Å². The Bertz CT molecular complexity index is 994. The Labute approximate surface area is 164 Å². The van der Waals surface area contributed by atoms with Gasteiger partial charge in [-0.15, -0.1) is 0 Å². The van der Waals surface area contributed by atoms with Crippen LogP contribution in [0.15, 0.2) is 36.7 Å². The summed E-state index contributed by atoms with van der Waals surface area (Å²) in [4.78, 5) is 6.75. The number of hydrogen-bond donors (Lipinski definition) is 1. The van der Waals surface area contributed by atoms with Crippen LogP contribution in [0.4, 0.5) is 5.82 Å². The molecule has 2 N–H and O–H groups in total. The molecule has 1 fully saturated rings. The summed E-state index contributed by atoms with van der Waals surface area (Å²) < 4.78 is 13.7.